The van der Waals surface area contributed by atoms with Crippen molar-refractivity contribution in [2.45, 2.75) is 44.7 Å². The minimum absolute atomic E-state index is 0.0211. The van der Waals surface area contributed by atoms with Gasteiger partial charge in [-0.25, -0.2) is 4.79 Å². The van der Waals surface area contributed by atoms with Gasteiger partial charge in [0.2, 0.25) is 0 Å². The molecule has 2 unspecified atom stereocenters. The summed E-state index contributed by atoms with van der Waals surface area (Å²) in [4.78, 5) is 29.5. The lowest BCUT2D eigenvalue weighted by atomic mass is 10.0. The SMILES string of the molecule is CC(NC(=O)N1CCCCCC1c1ccncc1)c1cccc([N+](=O)[O-])c1. The summed E-state index contributed by atoms with van der Waals surface area (Å²) >= 11 is 0. The number of pyridine rings is 1. The van der Waals surface area contributed by atoms with E-state index in [4.69, 9.17) is 0 Å². The standard InChI is InChI=1S/C20H24N4O3/c1-15(17-6-5-7-18(14-17)24(26)27)22-20(25)23-13-4-2-3-8-19(23)16-9-11-21-12-10-16/h5-7,9-12,14-15,19H,2-4,8,13H2,1H3,(H,22,25). The van der Waals surface area contributed by atoms with E-state index in [1.807, 2.05) is 24.0 Å². The number of urea groups is 1. The number of hydrogen-bond donors (Lipinski definition) is 1. The third kappa shape index (κ3) is 4.61. The lowest BCUT2D eigenvalue weighted by Gasteiger charge is -2.31. The van der Waals surface area contributed by atoms with Gasteiger partial charge in [-0.3, -0.25) is 15.1 Å². The van der Waals surface area contributed by atoms with Crippen LogP contribution in [0, 0.1) is 10.1 Å². The van der Waals surface area contributed by atoms with Crippen LogP contribution < -0.4 is 5.32 Å². The Balaban J connectivity index is 1.76. The van der Waals surface area contributed by atoms with Crippen molar-refractivity contribution in [3.63, 3.8) is 0 Å². The Hall–Kier alpha value is -2.96. The van der Waals surface area contributed by atoms with Gasteiger partial charge in [0, 0.05) is 31.1 Å². The number of likely N-dealkylation sites (tertiary alicyclic amines) is 1. The Morgan fingerprint density at radius 2 is 2.04 bits per heavy atom. The van der Waals surface area contributed by atoms with Crippen molar-refractivity contribution in [1.82, 2.24) is 15.2 Å². The average molecular weight is 368 g/mol. The van der Waals surface area contributed by atoms with E-state index in [0.717, 1.165) is 31.2 Å². The quantitative estimate of drug-likeness (QED) is 0.641. The predicted octanol–water partition coefficient (Wildman–Crippen LogP) is 4.38. The van der Waals surface area contributed by atoms with Gasteiger partial charge in [0.05, 0.1) is 17.0 Å². The van der Waals surface area contributed by atoms with Crippen molar-refractivity contribution in [2.24, 2.45) is 0 Å². The zero-order valence-corrected chi connectivity index (χ0v) is 15.4. The van der Waals surface area contributed by atoms with Crippen LogP contribution in [0.3, 0.4) is 0 Å². The summed E-state index contributed by atoms with van der Waals surface area (Å²) in [6, 6.07) is 9.87. The molecule has 2 heterocycles. The molecule has 1 saturated heterocycles. The molecule has 1 N–H and O–H groups in total. The van der Waals surface area contributed by atoms with Crippen LogP contribution in [0.1, 0.15) is 55.8 Å². The Labute approximate surface area is 158 Å². The maximum Gasteiger partial charge on any atom is 0.318 e. The number of benzene rings is 1. The zero-order valence-electron chi connectivity index (χ0n) is 15.4. The molecule has 0 saturated carbocycles. The summed E-state index contributed by atoms with van der Waals surface area (Å²) in [5, 5.41) is 14.0. The first-order chi connectivity index (χ1) is 13.1. The van der Waals surface area contributed by atoms with E-state index in [9.17, 15) is 14.9 Å². The van der Waals surface area contributed by atoms with Crippen LogP contribution in [-0.2, 0) is 0 Å². The summed E-state index contributed by atoms with van der Waals surface area (Å²) in [7, 11) is 0. The number of aromatic nitrogens is 1. The first kappa shape index (κ1) is 18.8. The number of nitro benzene ring substituents is 1. The molecule has 1 aromatic carbocycles. The van der Waals surface area contributed by atoms with Crippen molar-refractivity contribution >= 4 is 11.7 Å². The Morgan fingerprint density at radius 1 is 1.26 bits per heavy atom. The van der Waals surface area contributed by atoms with E-state index in [2.05, 4.69) is 10.3 Å². The number of nitro groups is 1. The summed E-state index contributed by atoms with van der Waals surface area (Å²) in [5.41, 5.74) is 1.83. The highest BCUT2D eigenvalue weighted by molar-refractivity contribution is 5.75. The van der Waals surface area contributed by atoms with Crippen LogP contribution in [0.2, 0.25) is 0 Å². The van der Waals surface area contributed by atoms with E-state index in [0.29, 0.717) is 12.1 Å². The van der Waals surface area contributed by atoms with Gasteiger partial charge < -0.3 is 10.2 Å². The normalized spacial score (nSPS) is 18.4. The van der Waals surface area contributed by atoms with Crippen LogP contribution in [0.25, 0.3) is 0 Å². The Kier molecular flexibility index (Phi) is 6.01. The molecule has 2 atom stereocenters. The third-order valence-corrected chi connectivity index (χ3v) is 5.03. The van der Waals surface area contributed by atoms with E-state index in [1.165, 1.54) is 12.1 Å². The minimum Gasteiger partial charge on any atom is -0.331 e. The summed E-state index contributed by atoms with van der Waals surface area (Å²) in [6.07, 6.45) is 7.58. The molecule has 27 heavy (non-hydrogen) atoms. The molecule has 2 aromatic rings. The van der Waals surface area contributed by atoms with Crippen molar-refractivity contribution in [1.29, 1.82) is 0 Å². The second-order valence-electron chi connectivity index (χ2n) is 6.86. The molecule has 0 spiro atoms. The Morgan fingerprint density at radius 3 is 2.78 bits per heavy atom. The number of non-ortho nitro benzene ring substituents is 1. The monoisotopic (exact) mass is 368 g/mol. The highest BCUT2D eigenvalue weighted by atomic mass is 16.6. The topological polar surface area (TPSA) is 88.4 Å². The van der Waals surface area contributed by atoms with E-state index in [-0.39, 0.29) is 23.8 Å². The molecule has 7 nitrogen and oxygen atoms in total. The lowest BCUT2D eigenvalue weighted by molar-refractivity contribution is -0.384. The van der Waals surface area contributed by atoms with Gasteiger partial charge in [0.25, 0.3) is 5.69 Å². The maximum atomic E-state index is 13.0. The number of nitrogens with zero attached hydrogens (tertiary/aromatic N) is 3. The van der Waals surface area contributed by atoms with Crippen LogP contribution in [-0.4, -0.2) is 27.4 Å². The molecule has 7 heteroatoms. The van der Waals surface area contributed by atoms with Crippen molar-refractivity contribution < 1.29 is 9.72 Å². The molecule has 1 aliphatic heterocycles. The van der Waals surface area contributed by atoms with Gasteiger partial charge >= 0.3 is 6.03 Å². The summed E-state index contributed by atoms with van der Waals surface area (Å²) in [6.45, 7) is 2.54. The van der Waals surface area contributed by atoms with Crippen molar-refractivity contribution in [3.05, 3.63) is 70.0 Å². The molecule has 0 radical (unpaired) electrons. The fourth-order valence-corrected chi connectivity index (χ4v) is 3.54. The van der Waals surface area contributed by atoms with Crippen LogP contribution in [0.5, 0.6) is 0 Å². The number of nitrogens with one attached hydrogen (secondary N) is 1. The number of carbonyl (C=O) groups is 1. The molecule has 1 aliphatic rings. The molecule has 1 fully saturated rings. The number of hydrogen-bond acceptors (Lipinski definition) is 4. The first-order valence-corrected chi connectivity index (χ1v) is 9.27. The van der Waals surface area contributed by atoms with E-state index < -0.39 is 4.92 Å². The molecular formula is C20H24N4O3. The highest BCUT2D eigenvalue weighted by Gasteiger charge is 2.27. The van der Waals surface area contributed by atoms with E-state index >= 15 is 0 Å². The number of amides is 2. The first-order valence-electron chi connectivity index (χ1n) is 9.27. The molecule has 2 amide bonds. The van der Waals surface area contributed by atoms with E-state index in [1.54, 1.807) is 24.5 Å². The zero-order chi connectivity index (χ0) is 19.2. The van der Waals surface area contributed by atoms with Gasteiger partial charge in [-0.15, -0.1) is 0 Å². The smallest absolute Gasteiger partial charge is 0.318 e. The lowest BCUT2D eigenvalue weighted by Crippen LogP contribution is -2.43. The van der Waals surface area contributed by atoms with Gasteiger partial charge in [-0.1, -0.05) is 25.0 Å². The van der Waals surface area contributed by atoms with Gasteiger partial charge in [-0.05, 0) is 43.0 Å². The maximum absolute atomic E-state index is 13.0. The number of rotatable bonds is 4. The molecule has 0 bridgehead atoms. The fourth-order valence-electron chi connectivity index (χ4n) is 3.54. The molecular weight excluding hydrogens is 344 g/mol. The molecule has 3 rings (SSSR count). The van der Waals surface area contributed by atoms with Gasteiger partial charge in [-0.2, -0.15) is 0 Å². The minimum atomic E-state index is -0.424. The van der Waals surface area contributed by atoms with Gasteiger partial charge in [0.1, 0.15) is 0 Å². The van der Waals surface area contributed by atoms with Crippen molar-refractivity contribution in [3.8, 4) is 0 Å². The predicted molar refractivity (Wildman–Crippen MR) is 102 cm³/mol. The molecule has 0 aliphatic carbocycles. The van der Waals surface area contributed by atoms with Crippen LogP contribution in [0.4, 0.5) is 10.5 Å². The van der Waals surface area contributed by atoms with Crippen LogP contribution in [0.15, 0.2) is 48.8 Å². The largest absolute Gasteiger partial charge is 0.331 e. The number of carbonyl (C=O) groups excluding carboxylic acids is 1. The summed E-state index contributed by atoms with van der Waals surface area (Å²) < 4.78 is 0. The summed E-state index contributed by atoms with van der Waals surface area (Å²) in [5.74, 6) is 0. The Bertz CT molecular complexity index is 797. The highest BCUT2D eigenvalue weighted by Crippen LogP contribution is 2.30. The molecule has 142 valence electrons. The molecule has 1 aromatic heterocycles. The second kappa shape index (κ2) is 8.62. The third-order valence-electron chi connectivity index (χ3n) is 5.03. The average Bonchev–Trinajstić information content (AvgIpc) is 2.95. The van der Waals surface area contributed by atoms with Crippen LogP contribution >= 0.6 is 0 Å². The van der Waals surface area contributed by atoms with Gasteiger partial charge in [0.15, 0.2) is 0 Å². The second-order valence-corrected chi connectivity index (χ2v) is 6.86. The van der Waals surface area contributed by atoms with Crippen molar-refractivity contribution in [2.75, 3.05) is 6.54 Å². The fraction of sp³-hybridized carbons (Fsp3) is 0.400.